The van der Waals surface area contributed by atoms with Crippen molar-refractivity contribution in [1.82, 2.24) is 20.1 Å². The summed E-state index contributed by atoms with van der Waals surface area (Å²) >= 11 is 7.45. The summed E-state index contributed by atoms with van der Waals surface area (Å²) in [5, 5.41) is 14.0. The van der Waals surface area contributed by atoms with Gasteiger partial charge < -0.3 is 10.2 Å². The van der Waals surface area contributed by atoms with Crippen LogP contribution in [0.5, 0.6) is 0 Å². The molecule has 1 aromatic carbocycles. The van der Waals surface area contributed by atoms with E-state index in [2.05, 4.69) is 20.4 Å². The summed E-state index contributed by atoms with van der Waals surface area (Å²) in [5.41, 5.74) is 1.04. The molecular formula is C19H20ClN5OS. The Morgan fingerprint density at radius 3 is 2.70 bits per heavy atom. The van der Waals surface area contributed by atoms with E-state index in [9.17, 15) is 4.79 Å². The largest absolute Gasteiger partial charge is 0.352 e. The van der Waals surface area contributed by atoms with E-state index in [1.165, 1.54) is 0 Å². The normalized spacial score (nSPS) is 17.1. The monoisotopic (exact) mass is 401 g/mol. The number of halogens is 1. The SMILES string of the molecule is O=C(NCc1ccc(Cl)cc1)[C@H]1CCCN(c2nnc(-n3cccc3)s2)C1. The Morgan fingerprint density at radius 2 is 1.93 bits per heavy atom. The standard InChI is InChI=1S/C19H20ClN5OS/c20-16-7-5-14(6-8-16)12-21-17(26)15-4-3-11-25(13-15)19-23-22-18(27-19)24-9-1-2-10-24/h1-2,5-10,15H,3-4,11-13H2,(H,21,26)/t15-/m0/s1. The molecule has 1 fully saturated rings. The Kier molecular flexibility index (Phi) is 5.40. The van der Waals surface area contributed by atoms with Crippen molar-refractivity contribution in [3.05, 3.63) is 59.4 Å². The van der Waals surface area contributed by atoms with E-state index in [1.807, 2.05) is 53.4 Å². The lowest BCUT2D eigenvalue weighted by Gasteiger charge is -2.31. The number of hydrogen-bond donors (Lipinski definition) is 1. The van der Waals surface area contributed by atoms with Crippen LogP contribution in [-0.2, 0) is 11.3 Å². The third-order valence-corrected chi connectivity index (χ3v) is 5.92. The van der Waals surface area contributed by atoms with E-state index >= 15 is 0 Å². The number of rotatable bonds is 5. The molecule has 27 heavy (non-hydrogen) atoms. The number of amides is 1. The van der Waals surface area contributed by atoms with Crippen molar-refractivity contribution in [3.8, 4) is 5.13 Å². The topological polar surface area (TPSA) is 63.1 Å². The first-order valence-electron chi connectivity index (χ1n) is 8.93. The maximum atomic E-state index is 12.6. The molecule has 1 aliphatic heterocycles. The lowest BCUT2D eigenvalue weighted by Crippen LogP contribution is -2.43. The molecule has 0 radical (unpaired) electrons. The van der Waals surface area contributed by atoms with Gasteiger partial charge >= 0.3 is 0 Å². The lowest BCUT2D eigenvalue weighted by atomic mass is 9.97. The van der Waals surface area contributed by atoms with Gasteiger partial charge in [-0.25, -0.2) is 0 Å². The average molecular weight is 402 g/mol. The third-order valence-electron chi connectivity index (χ3n) is 4.67. The van der Waals surface area contributed by atoms with Gasteiger partial charge in [0.2, 0.25) is 16.2 Å². The molecule has 4 rings (SSSR count). The number of nitrogens with one attached hydrogen (secondary N) is 1. The van der Waals surface area contributed by atoms with Crippen molar-refractivity contribution >= 4 is 34.0 Å². The van der Waals surface area contributed by atoms with Crippen LogP contribution in [0.1, 0.15) is 18.4 Å². The molecule has 6 nitrogen and oxygen atoms in total. The van der Waals surface area contributed by atoms with Gasteiger partial charge in [-0.15, -0.1) is 10.2 Å². The van der Waals surface area contributed by atoms with Crippen LogP contribution in [0.4, 0.5) is 5.13 Å². The van der Waals surface area contributed by atoms with E-state index in [4.69, 9.17) is 11.6 Å². The summed E-state index contributed by atoms with van der Waals surface area (Å²) in [6, 6.07) is 11.5. The fraction of sp³-hybridized carbons (Fsp3) is 0.316. The van der Waals surface area contributed by atoms with Gasteiger partial charge in [-0.2, -0.15) is 0 Å². The molecule has 1 aliphatic rings. The van der Waals surface area contributed by atoms with Crippen LogP contribution < -0.4 is 10.2 Å². The number of aromatic nitrogens is 3. The minimum absolute atomic E-state index is 0.0371. The van der Waals surface area contributed by atoms with Crippen molar-refractivity contribution in [2.45, 2.75) is 19.4 Å². The van der Waals surface area contributed by atoms with Gasteiger partial charge in [-0.05, 0) is 42.7 Å². The number of nitrogens with zero attached hydrogens (tertiary/aromatic N) is 4. The number of carbonyl (C=O) groups is 1. The predicted octanol–water partition coefficient (Wildman–Crippen LogP) is 3.52. The second kappa shape index (κ2) is 8.10. The van der Waals surface area contributed by atoms with Gasteiger partial charge in [0.1, 0.15) is 0 Å². The smallest absolute Gasteiger partial charge is 0.225 e. The second-order valence-corrected chi connectivity index (χ2v) is 7.96. The molecule has 2 aromatic heterocycles. The van der Waals surface area contributed by atoms with Crippen molar-refractivity contribution in [1.29, 1.82) is 0 Å². The number of hydrogen-bond acceptors (Lipinski definition) is 5. The second-order valence-electron chi connectivity index (χ2n) is 6.59. The fourth-order valence-electron chi connectivity index (χ4n) is 3.20. The molecule has 1 N–H and O–H groups in total. The molecule has 0 spiro atoms. The van der Waals surface area contributed by atoms with E-state index in [-0.39, 0.29) is 11.8 Å². The van der Waals surface area contributed by atoms with Gasteiger partial charge in [0.05, 0.1) is 5.92 Å². The summed E-state index contributed by atoms with van der Waals surface area (Å²) in [6.45, 7) is 2.09. The highest BCUT2D eigenvalue weighted by Crippen LogP contribution is 2.28. The maximum Gasteiger partial charge on any atom is 0.225 e. The minimum Gasteiger partial charge on any atom is -0.352 e. The van der Waals surface area contributed by atoms with E-state index in [0.717, 1.165) is 35.2 Å². The van der Waals surface area contributed by atoms with Crippen molar-refractivity contribution in [2.75, 3.05) is 18.0 Å². The zero-order valence-corrected chi connectivity index (χ0v) is 16.3. The Morgan fingerprint density at radius 1 is 1.19 bits per heavy atom. The molecule has 0 aliphatic carbocycles. The Hall–Kier alpha value is -2.38. The van der Waals surface area contributed by atoms with Crippen molar-refractivity contribution < 1.29 is 4.79 Å². The Balaban J connectivity index is 1.36. The third kappa shape index (κ3) is 4.31. The quantitative estimate of drug-likeness (QED) is 0.710. The van der Waals surface area contributed by atoms with Crippen molar-refractivity contribution in [2.24, 2.45) is 5.92 Å². The van der Waals surface area contributed by atoms with Crippen molar-refractivity contribution in [3.63, 3.8) is 0 Å². The minimum atomic E-state index is -0.0371. The highest BCUT2D eigenvalue weighted by molar-refractivity contribution is 7.17. The summed E-state index contributed by atoms with van der Waals surface area (Å²) < 4.78 is 1.95. The summed E-state index contributed by atoms with van der Waals surface area (Å²) in [5.74, 6) is 0.0507. The van der Waals surface area contributed by atoms with E-state index in [1.54, 1.807) is 11.3 Å². The molecule has 3 heterocycles. The van der Waals surface area contributed by atoms with Crippen LogP contribution in [-0.4, -0.2) is 33.8 Å². The number of benzene rings is 1. The summed E-state index contributed by atoms with van der Waals surface area (Å²) in [4.78, 5) is 14.8. The van der Waals surface area contributed by atoms with E-state index in [0.29, 0.717) is 18.1 Å². The molecule has 0 saturated carbocycles. The lowest BCUT2D eigenvalue weighted by molar-refractivity contribution is -0.125. The molecular weight excluding hydrogens is 382 g/mol. The highest BCUT2D eigenvalue weighted by Gasteiger charge is 2.27. The molecule has 0 bridgehead atoms. The molecule has 3 aromatic rings. The number of carbonyl (C=O) groups excluding carboxylic acids is 1. The zero-order valence-electron chi connectivity index (χ0n) is 14.7. The average Bonchev–Trinajstić information content (AvgIpc) is 3.39. The summed E-state index contributed by atoms with van der Waals surface area (Å²) in [6.07, 6.45) is 5.77. The molecule has 140 valence electrons. The van der Waals surface area contributed by atoms with Gasteiger partial charge in [-0.3, -0.25) is 9.36 Å². The first-order chi connectivity index (χ1) is 13.2. The molecule has 8 heteroatoms. The zero-order chi connectivity index (χ0) is 18.6. The van der Waals surface area contributed by atoms with Gasteiger partial charge in [0, 0.05) is 37.1 Å². The maximum absolute atomic E-state index is 12.6. The molecule has 1 amide bonds. The van der Waals surface area contributed by atoms with Crippen LogP contribution in [0.2, 0.25) is 5.02 Å². The number of anilines is 1. The van der Waals surface area contributed by atoms with Gasteiger partial charge in [-0.1, -0.05) is 35.1 Å². The highest BCUT2D eigenvalue weighted by atomic mass is 35.5. The first-order valence-corrected chi connectivity index (χ1v) is 10.1. The first kappa shape index (κ1) is 18.0. The Labute approximate surface area is 166 Å². The number of piperidine rings is 1. The van der Waals surface area contributed by atoms with Gasteiger partial charge in [0.15, 0.2) is 0 Å². The molecule has 0 unspecified atom stereocenters. The van der Waals surface area contributed by atoms with Crippen LogP contribution in [0.15, 0.2) is 48.8 Å². The van der Waals surface area contributed by atoms with E-state index < -0.39 is 0 Å². The van der Waals surface area contributed by atoms with Crippen LogP contribution in [0.25, 0.3) is 5.13 Å². The van der Waals surface area contributed by atoms with Crippen LogP contribution >= 0.6 is 22.9 Å². The summed E-state index contributed by atoms with van der Waals surface area (Å²) in [7, 11) is 0. The van der Waals surface area contributed by atoms with Crippen LogP contribution in [0, 0.1) is 5.92 Å². The Bertz CT molecular complexity index is 893. The van der Waals surface area contributed by atoms with Gasteiger partial charge in [0.25, 0.3) is 0 Å². The molecule has 1 saturated heterocycles. The predicted molar refractivity (Wildman–Crippen MR) is 107 cm³/mol. The van der Waals surface area contributed by atoms with Crippen LogP contribution in [0.3, 0.4) is 0 Å². The molecule has 1 atom stereocenters. The fourth-order valence-corrected chi connectivity index (χ4v) is 4.18.